The van der Waals surface area contributed by atoms with E-state index in [0.29, 0.717) is 32.7 Å². The molecule has 0 radical (unpaired) electrons. The summed E-state index contributed by atoms with van der Waals surface area (Å²) in [6, 6.07) is 10.1. The Kier molecular flexibility index (Phi) is 5.74. The molecule has 2 atom stereocenters. The van der Waals surface area contributed by atoms with Crippen LogP contribution >= 0.6 is 0 Å². The fourth-order valence-electron chi connectivity index (χ4n) is 4.41. The number of piperidine rings is 1. The third-order valence-corrected chi connectivity index (χ3v) is 5.87. The van der Waals surface area contributed by atoms with E-state index >= 15 is 0 Å². The van der Waals surface area contributed by atoms with Crippen LogP contribution in [0.3, 0.4) is 0 Å². The van der Waals surface area contributed by atoms with Crippen molar-refractivity contribution in [2.75, 3.05) is 32.8 Å². The van der Waals surface area contributed by atoms with Crippen LogP contribution in [0, 0.1) is 5.92 Å². The molecular formula is C21H28N2O4. The van der Waals surface area contributed by atoms with E-state index in [1.165, 1.54) is 5.56 Å². The fourth-order valence-corrected chi connectivity index (χ4v) is 4.41. The van der Waals surface area contributed by atoms with Crippen molar-refractivity contribution in [3.05, 3.63) is 35.9 Å². The minimum Gasteiger partial charge on any atom is -0.348 e. The fraction of sp³-hybridized carbons (Fsp3) is 0.619. The number of hydrogen-bond acceptors (Lipinski definition) is 4. The average Bonchev–Trinajstić information content (AvgIpc) is 3.37. The Morgan fingerprint density at radius 2 is 1.89 bits per heavy atom. The molecule has 0 aromatic heterocycles. The highest BCUT2D eigenvalue weighted by Gasteiger charge is 2.42. The maximum atomic E-state index is 13.2. The summed E-state index contributed by atoms with van der Waals surface area (Å²) in [4.78, 5) is 29.4. The Hall–Kier alpha value is -1.92. The lowest BCUT2D eigenvalue weighted by molar-refractivity contribution is -0.154. The zero-order valence-electron chi connectivity index (χ0n) is 15.7. The van der Waals surface area contributed by atoms with Crippen LogP contribution in [0.5, 0.6) is 0 Å². The van der Waals surface area contributed by atoms with Gasteiger partial charge in [0.25, 0.3) is 0 Å². The molecule has 1 aromatic carbocycles. The molecule has 3 saturated heterocycles. The Labute approximate surface area is 160 Å². The highest BCUT2D eigenvalue weighted by atomic mass is 16.7. The zero-order valence-corrected chi connectivity index (χ0v) is 15.7. The number of amides is 2. The quantitative estimate of drug-likeness (QED) is 0.791. The maximum Gasteiger partial charge on any atom is 0.228 e. The zero-order chi connectivity index (χ0) is 18.6. The van der Waals surface area contributed by atoms with Gasteiger partial charge in [-0.25, -0.2) is 0 Å². The highest BCUT2D eigenvalue weighted by Crippen LogP contribution is 2.28. The Bertz CT molecular complexity index is 659. The first kappa shape index (κ1) is 18.4. The van der Waals surface area contributed by atoms with Gasteiger partial charge >= 0.3 is 0 Å². The standard InChI is InChI=1S/C21H28N2O4/c24-19-14-17(15-22(19)11-9-16-6-2-1-3-7-16)20(25)23-10-5-4-8-18(23)21-26-12-13-27-21/h1-3,6-7,17-18,21H,4-5,8-15H2. The topological polar surface area (TPSA) is 59.1 Å². The molecule has 0 saturated carbocycles. The number of nitrogens with zero attached hydrogens (tertiary/aromatic N) is 2. The van der Waals surface area contributed by atoms with Crippen LogP contribution in [0.4, 0.5) is 0 Å². The molecule has 4 rings (SSSR count). The van der Waals surface area contributed by atoms with Crippen LogP contribution in [0.25, 0.3) is 0 Å². The second-order valence-corrected chi connectivity index (χ2v) is 7.68. The van der Waals surface area contributed by atoms with Gasteiger partial charge in [-0.2, -0.15) is 0 Å². The first-order valence-electron chi connectivity index (χ1n) is 10.1. The smallest absolute Gasteiger partial charge is 0.228 e. The summed E-state index contributed by atoms with van der Waals surface area (Å²) in [6.07, 6.45) is 3.85. The summed E-state index contributed by atoms with van der Waals surface area (Å²) in [5.74, 6) is -0.0594. The number of carbonyl (C=O) groups is 2. The number of rotatable bonds is 5. The monoisotopic (exact) mass is 372 g/mol. The largest absolute Gasteiger partial charge is 0.348 e. The van der Waals surface area contributed by atoms with Crippen molar-refractivity contribution in [2.24, 2.45) is 5.92 Å². The molecule has 27 heavy (non-hydrogen) atoms. The number of hydrogen-bond donors (Lipinski definition) is 0. The molecular weight excluding hydrogens is 344 g/mol. The lowest BCUT2D eigenvalue weighted by atomic mass is 9.98. The van der Waals surface area contributed by atoms with E-state index in [1.807, 2.05) is 28.0 Å². The third kappa shape index (κ3) is 4.17. The molecule has 3 aliphatic heterocycles. The lowest BCUT2D eigenvalue weighted by Gasteiger charge is -2.39. The highest BCUT2D eigenvalue weighted by molar-refractivity contribution is 5.89. The van der Waals surface area contributed by atoms with Gasteiger partial charge in [0.2, 0.25) is 11.8 Å². The molecule has 2 unspecified atom stereocenters. The summed E-state index contributed by atoms with van der Waals surface area (Å²) in [7, 11) is 0. The normalized spacial score (nSPS) is 26.7. The van der Waals surface area contributed by atoms with Gasteiger partial charge in [-0.3, -0.25) is 9.59 Å². The van der Waals surface area contributed by atoms with Gasteiger partial charge in [-0.1, -0.05) is 30.3 Å². The average molecular weight is 372 g/mol. The molecule has 6 heteroatoms. The van der Waals surface area contributed by atoms with Gasteiger partial charge in [-0.05, 0) is 31.2 Å². The number of likely N-dealkylation sites (tertiary alicyclic amines) is 2. The Morgan fingerprint density at radius 3 is 2.67 bits per heavy atom. The minimum absolute atomic E-state index is 0.0118. The van der Waals surface area contributed by atoms with E-state index in [9.17, 15) is 9.59 Å². The number of benzene rings is 1. The first-order valence-corrected chi connectivity index (χ1v) is 10.1. The van der Waals surface area contributed by atoms with E-state index in [1.54, 1.807) is 0 Å². The van der Waals surface area contributed by atoms with Crippen molar-refractivity contribution in [1.29, 1.82) is 0 Å². The summed E-state index contributed by atoms with van der Waals surface area (Å²) in [5.41, 5.74) is 1.21. The van der Waals surface area contributed by atoms with Crippen LogP contribution in [0.1, 0.15) is 31.2 Å². The number of ether oxygens (including phenoxy) is 2. The summed E-state index contributed by atoms with van der Waals surface area (Å²) in [6.45, 7) is 3.13. The van der Waals surface area contributed by atoms with Crippen LogP contribution in [0.2, 0.25) is 0 Å². The van der Waals surface area contributed by atoms with Crippen LogP contribution in [-0.2, 0) is 25.5 Å². The molecule has 6 nitrogen and oxygen atoms in total. The molecule has 3 fully saturated rings. The summed E-state index contributed by atoms with van der Waals surface area (Å²) in [5, 5.41) is 0. The van der Waals surface area contributed by atoms with Crippen molar-refractivity contribution in [3.63, 3.8) is 0 Å². The van der Waals surface area contributed by atoms with Crippen LogP contribution in [-0.4, -0.2) is 66.8 Å². The number of carbonyl (C=O) groups excluding carboxylic acids is 2. The summed E-state index contributed by atoms with van der Waals surface area (Å²) >= 11 is 0. The van der Waals surface area contributed by atoms with Crippen LogP contribution in [0.15, 0.2) is 30.3 Å². The van der Waals surface area contributed by atoms with Gasteiger partial charge in [0.1, 0.15) is 0 Å². The van der Waals surface area contributed by atoms with Crippen molar-refractivity contribution < 1.29 is 19.1 Å². The third-order valence-electron chi connectivity index (χ3n) is 5.87. The lowest BCUT2D eigenvalue weighted by Crippen LogP contribution is -2.52. The van der Waals surface area contributed by atoms with E-state index < -0.39 is 0 Å². The molecule has 146 valence electrons. The van der Waals surface area contributed by atoms with E-state index in [4.69, 9.17) is 9.47 Å². The van der Waals surface area contributed by atoms with Gasteiger partial charge in [-0.15, -0.1) is 0 Å². The van der Waals surface area contributed by atoms with Crippen LogP contribution < -0.4 is 0 Å². The molecule has 3 heterocycles. The van der Waals surface area contributed by atoms with Gasteiger partial charge in [0.15, 0.2) is 6.29 Å². The van der Waals surface area contributed by atoms with E-state index in [0.717, 1.165) is 32.2 Å². The van der Waals surface area contributed by atoms with E-state index in [-0.39, 0.29) is 30.1 Å². The van der Waals surface area contributed by atoms with Gasteiger partial charge < -0.3 is 19.3 Å². The van der Waals surface area contributed by atoms with Crippen molar-refractivity contribution in [3.8, 4) is 0 Å². The second-order valence-electron chi connectivity index (χ2n) is 7.68. The Balaban J connectivity index is 1.36. The molecule has 0 aliphatic carbocycles. The molecule has 0 spiro atoms. The van der Waals surface area contributed by atoms with E-state index in [2.05, 4.69) is 12.1 Å². The predicted molar refractivity (Wildman–Crippen MR) is 99.9 cm³/mol. The van der Waals surface area contributed by atoms with Gasteiger partial charge in [0, 0.05) is 26.1 Å². The van der Waals surface area contributed by atoms with Gasteiger partial charge in [0.05, 0.1) is 25.2 Å². The molecule has 1 aromatic rings. The SMILES string of the molecule is O=C1CC(C(=O)N2CCCCC2C2OCCO2)CN1CCc1ccccc1. The second kappa shape index (κ2) is 8.40. The predicted octanol–water partition coefficient (Wildman–Crippen LogP) is 1.83. The summed E-state index contributed by atoms with van der Waals surface area (Å²) < 4.78 is 11.3. The molecule has 3 aliphatic rings. The van der Waals surface area contributed by atoms with Crippen molar-refractivity contribution >= 4 is 11.8 Å². The molecule has 0 bridgehead atoms. The Morgan fingerprint density at radius 1 is 1.11 bits per heavy atom. The molecule has 0 N–H and O–H groups in total. The van der Waals surface area contributed by atoms with Crippen molar-refractivity contribution in [2.45, 2.75) is 44.4 Å². The first-order chi connectivity index (χ1) is 13.2. The van der Waals surface area contributed by atoms with Crippen molar-refractivity contribution in [1.82, 2.24) is 9.80 Å². The molecule has 2 amide bonds. The maximum absolute atomic E-state index is 13.2. The minimum atomic E-state index is -0.305.